The molecule has 0 saturated heterocycles. The molecule has 0 spiro atoms. The SMILES string of the molecule is O=C(O)C12CC3CC(C1)CC(C(=O)O)(C3)C2.[Y].[Y].[Y].[Y].[Y].[Y].[Y].[Y].[Y].[Y].[Y].[Y].[Y].[Y].[Y]. The number of aliphatic carboxylic acids is 2. The Morgan fingerprint density at radius 3 is 0.839 bits per heavy atom. The summed E-state index contributed by atoms with van der Waals surface area (Å²) in [7, 11) is 0. The first-order valence-electron chi connectivity index (χ1n) is 5.93. The molecule has 0 unspecified atom stereocenters. The molecule has 4 fully saturated rings. The van der Waals surface area contributed by atoms with Crippen molar-refractivity contribution in [2.75, 3.05) is 0 Å². The second-order valence-corrected chi connectivity index (χ2v) is 6.13. The molecule has 19 heteroatoms. The van der Waals surface area contributed by atoms with Gasteiger partial charge in [-0.15, -0.1) is 0 Å². The van der Waals surface area contributed by atoms with Crippen molar-refractivity contribution in [1.82, 2.24) is 0 Å². The normalized spacial score (nSPS) is 25.4. The Balaban J connectivity index is -0.0000000196. The second-order valence-electron chi connectivity index (χ2n) is 6.13. The van der Waals surface area contributed by atoms with Gasteiger partial charge in [0.15, 0.2) is 0 Å². The molecule has 4 rings (SSSR count). The van der Waals surface area contributed by atoms with Crippen LogP contribution in [0.15, 0.2) is 0 Å². The van der Waals surface area contributed by atoms with E-state index in [2.05, 4.69) is 0 Å². The molecule has 15 radical (unpaired) electrons. The first-order valence-corrected chi connectivity index (χ1v) is 5.93. The van der Waals surface area contributed by atoms with Crippen LogP contribution in [-0.2, 0) is 500 Å². The number of carbonyl (C=O) groups is 2. The molecule has 4 nitrogen and oxygen atoms in total. The Morgan fingerprint density at radius 1 is 0.484 bits per heavy atom. The fourth-order valence-electron chi connectivity index (χ4n) is 4.76. The standard InChI is InChI=1S/C12H16O4.15Y/c13-9(14)11-2-7-1-8(4-11)5-12(3-7,6-11)10(15)16;;;;;;;;;;;;;;;/h7-8H,1-6H2,(H,13,14)(H,15,16);;;;;;;;;;;;;;;. The molecule has 4 aliphatic carbocycles. The van der Waals surface area contributed by atoms with Crippen molar-refractivity contribution in [1.29, 1.82) is 0 Å². The minimum atomic E-state index is -0.771. The van der Waals surface area contributed by atoms with Gasteiger partial charge in [0, 0.05) is 491 Å². The van der Waals surface area contributed by atoms with E-state index in [1.54, 1.807) is 0 Å². The van der Waals surface area contributed by atoms with Crippen LogP contribution >= 0.6 is 0 Å². The molecule has 133 valence electrons. The summed E-state index contributed by atoms with van der Waals surface area (Å²) in [4.78, 5) is 22.8. The quantitative estimate of drug-likeness (QED) is 0.443. The monoisotopic (exact) mass is 1560 g/mol. The minimum absolute atomic E-state index is 0. The Labute approximate surface area is 564 Å². The summed E-state index contributed by atoms with van der Waals surface area (Å²) < 4.78 is 0. The smallest absolute Gasteiger partial charge is 0.309 e. The zero-order chi connectivity index (χ0) is 11.6. The summed E-state index contributed by atoms with van der Waals surface area (Å²) >= 11 is 0. The van der Waals surface area contributed by atoms with Crippen LogP contribution in [0.3, 0.4) is 0 Å². The number of hydrogen-bond acceptors (Lipinski definition) is 2. The molecule has 31 heavy (non-hydrogen) atoms. The number of hydrogen-bond donors (Lipinski definition) is 2. The van der Waals surface area contributed by atoms with E-state index in [4.69, 9.17) is 0 Å². The van der Waals surface area contributed by atoms with Crippen molar-refractivity contribution >= 4 is 11.9 Å². The molecule has 0 amide bonds. The zero-order valence-electron chi connectivity index (χ0n) is 17.8. The van der Waals surface area contributed by atoms with Gasteiger partial charge in [-0.3, -0.25) is 9.59 Å². The van der Waals surface area contributed by atoms with E-state index >= 15 is 0 Å². The third kappa shape index (κ3) is 26.0. The van der Waals surface area contributed by atoms with Gasteiger partial charge < -0.3 is 10.2 Å². The molecule has 0 atom stereocenters. The van der Waals surface area contributed by atoms with Crippen molar-refractivity contribution in [3.05, 3.63) is 0 Å². The molecule has 4 saturated carbocycles. The molecule has 0 aromatic carbocycles. The third-order valence-electron chi connectivity index (χ3n) is 4.97. The average molecular weight is 1560 g/mol. The van der Waals surface area contributed by atoms with Gasteiger partial charge in [-0.1, -0.05) is 0 Å². The molecule has 4 aliphatic rings. The third-order valence-corrected chi connectivity index (χ3v) is 4.97. The first kappa shape index (κ1) is 85.8. The van der Waals surface area contributed by atoms with Crippen molar-refractivity contribution in [2.45, 2.75) is 38.5 Å². The predicted molar refractivity (Wildman–Crippen MR) is 54.8 cm³/mol. The van der Waals surface area contributed by atoms with Gasteiger partial charge in [-0.2, -0.15) is 0 Å². The predicted octanol–water partition coefficient (Wildman–Crippen LogP) is 1.70. The summed E-state index contributed by atoms with van der Waals surface area (Å²) in [6.45, 7) is 0. The Hall–Kier alpha value is 15.5. The Kier molecular flexibility index (Phi) is 120. The van der Waals surface area contributed by atoms with Crippen LogP contribution in [-0.4, -0.2) is 22.2 Å². The van der Waals surface area contributed by atoms with E-state index in [0.29, 0.717) is 43.9 Å². The molecule has 0 aromatic rings. The first-order chi connectivity index (χ1) is 7.46. The maximum Gasteiger partial charge on any atom is 0.309 e. The Bertz CT molecular complexity index is 358. The van der Waals surface area contributed by atoms with Gasteiger partial charge >= 0.3 is 11.9 Å². The number of rotatable bonds is 2. The van der Waals surface area contributed by atoms with E-state index in [9.17, 15) is 19.8 Å². The molecule has 4 bridgehead atoms. The average Bonchev–Trinajstić information content (AvgIpc) is 2.14. The van der Waals surface area contributed by atoms with Gasteiger partial charge in [0.05, 0.1) is 10.8 Å². The fourth-order valence-corrected chi connectivity index (χ4v) is 4.76. The van der Waals surface area contributed by atoms with E-state index in [1.165, 1.54) is 0 Å². The largest absolute Gasteiger partial charge is 0.481 e. The van der Waals surface area contributed by atoms with Gasteiger partial charge in [-0.05, 0) is 50.4 Å². The summed E-state index contributed by atoms with van der Waals surface area (Å²) in [5.41, 5.74) is -1.44. The van der Waals surface area contributed by atoms with Gasteiger partial charge in [0.2, 0.25) is 0 Å². The van der Waals surface area contributed by atoms with Crippen molar-refractivity contribution in [2.24, 2.45) is 22.7 Å². The van der Waals surface area contributed by atoms with Crippen molar-refractivity contribution in [3.8, 4) is 0 Å². The molecule has 0 heterocycles. The fraction of sp³-hybridized carbons (Fsp3) is 0.833. The van der Waals surface area contributed by atoms with E-state index in [0.717, 1.165) is 6.42 Å². The molecular weight excluding hydrogens is 1540 g/mol. The maximum atomic E-state index is 11.4. The van der Waals surface area contributed by atoms with Crippen LogP contribution in [0.4, 0.5) is 0 Å². The minimum Gasteiger partial charge on any atom is -0.481 e. The summed E-state index contributed by atoms with van der Waals surface area (Å²) in [5.74, 6) is -0.888. The molecule has 0 aliphatic heterocycles. The van der Waals surface area contributed by atoms with E-state index in [1.807, 2.05) is 0 Å². The topological polar surface area (TPSA) is 74.6 Å². The van der Waals surface area contributed by atoms with E-state index < -0.39 is 22.8 Å². The van der Waals surface area contributed by atoms with Crippen LogP contribution in [0.25, 0.3) is 0 Å². The summed E-state index contributed by atoms with van der Waals surface area (Å²) in [6.07, 6.45) is 4.21. The number of carboxylic acids is 2. The molecular formula is C12H16O4Y15. The number of carboxylic acid groups (broad SMARTS) is 2. The van der Waals surface area contributed by atoms with Gasteiger partial charge in [-0.25, -0.2) is 0 Å². The Morgan fingerprint density at radius 2 is 0.677 bits per heavy atom. The molecule has 0 aromatic heterocycles. The zero-order valence-corrected chi connectivity index (χ0v) is 60.3. The van der Waals surface area contributed by atoms with Crippen LogP contribution in [0.1, 0.15) is 38.5 Å². The van der Waals surface area contributed by atoms with Crippen LogP contribution in [0.5, 0.6) is 0 Å². The van der Waals surface area contributed by atoms with Crippen LogP contribution in [0, 0.1) is 22.7 Å². The van der Waals surface area contributed by atoms with Crippen LogP contribution in [0.2, 0.25) is 0 Å². The van der Waals surface area contributed by atoms with E-state index in [-0.39, 0.29) is 491 Å². The van der Waals surface area contributed by atoms with Gasteiger partial charge in [0.1, 0.15) is 0 Å². The summed E-state index contributed by atoms with van der Waals surface area (Å²) in [5, 5.41) is 18.8. The van der Waals surface area contributed by atoms with Crippen molar-refractivity contribution < 1.29 is 510 Å². The van der Waals surface area contributed by atoms with Gasteiger partial charge in [0.25, 0.3) is 0 Å². The van der Waals surface area contributed by atoms with Crippen molar-refractivity contribution in [3.63, 3.8) is 0 Å². The summed E-state index contributed by atoms with van der Waals surface area (Å²) in [6, 6.07) is 0. The maximum absolute atomic E-state index is 11.4. The molecule has 2 N–H and O–H groups in total. The van der Waals surface area contributed by atoms with Crippen LogP contribution < -0.4 is 0 Å². The second kappa shape index (κ2) is 43.5.